The molecule has 0 saturated heterocycles. The molecule has 0 aliphatic carbocycles. The molecule has 1 rings (SSSR count). The standard InChI is InChI=1S/C16H29N3/c1-3-15(10-11-17)8-7-13-19(4-2)14-16-9-5-6-12-18-16/h5-6,9,12,15H,3-4,7-8,10-11,13-14,17H2,1-2H3. The molecule has 0 radical (unpaired) electrons. The van der Waals surface area contributed by atoms with Gasteiger partial charge in [0.1, 0.15) is 0 Å². The summed E-state index contributed by atoms with van der Waals surface area (Å²) in [6.45, 7) is 8.53. The molecule has 0 aromatic carbocycles. The van der Waals surface area contributed by atoms with Crippen LogP contribution in [-0.2, 0) is 6.54 Å². The molecule has 0 bridgehead atoms. The molecular formula is C16H29N3. The molecule has 1 aromatic heterocycles. The summed E-state index contributed by atoms with van der Waals surface area (Å²) in [5, 5.41) is 0. The maximum Gasteiger partial charge on any atom is 0.0543 e. The lowest BCUT2D eigenvalue weighted by atomic mass is 9.96. The van der Waals surface area contributed by atoms with Crippen LogP contribution in [0.5, 0.6) is 0 Å². The Morgan fingerprint density at radius 2 is 2.11 bits per heavy atom. The van der Waals surface area contributed by atoms with Gasteiger partial charge in [0.2, 0.25) is 0 Å². The summed E-state index contributed by atoms with van der Waals surface area (Å²) >= 11 is 0. The fourth-order valence-corrected chi connectivity index (χ4v) is 2.46. The SMILES string of the molecule is CCC(CCN)CCCN(CC)Cc1ccccn1. The second kappa shape index (κ2) is 9.93. The van der Waals surface area contributed by atoms with Gasteiger partial charge in [-0.25, -0.2) is 0 Å². The molecule has 0 aliphatic heterocycles. The van der Waals surface area contributed by atoms with Crippen molar-refractivity contribution < 1.29 is 0 Å². The van der Waals surface area contributed by atoms with Crippen molar-refractivity contribution in [3.8, 4) is 0 Å². The molecule has 19 heavy (non-hydrogen) atoms. The summed E-state index contributed by atoms with van der Waals surface area (Å²) < 4.78 is 0. The minimum Gasteiger partial charge on any atom is -0.330 e. The number of nitrogens with zero attached hydrogens (tertiary/aromatic N) is 2. The zero-order chi connectivity index (χ0) is 13.9. The average molecular weight is 263 g/mol. The Morgan fingerprint density at radius 3 is 2.68 bits per heavy atom. The van der Waals surface area contributed by atoms with Gasteiger partial charge < -0.3 is 5.73 Å². The molecule has 0 fully saturated rings. The van der Waals surface area contributed by atoms with Crippen LogP contribution in [0.15, 0.2) is 24.4 Å². The summed E-state index contributed by atoms with van der Waals surface area (Å²) in [5.41, 5.74) is 6.81. The van der Waals surface area contributed by atoms with Crippen LogP contribution < -0.4 is 5.73 Å². The second-order valence-electron chi connectivity index (χ2n) is 5.18. The van der Waals surface area contributed by atoms with Gasteiger partial charge >= 0.3 is 0 Å². The number of pyridine rings is 1. The van der Waals surface area contributed by atoms with E-state index < -0.39 is 0 Å². The first kappa shape index (κ1) is 16.1. The third-order valence-corrected chi connectivity index (χ3v) is 3.80. The number of hydrogen-bond donors (Lipinski definition) is 1. The van der Waals surface area contributed by atoms with Gasteiger partial charge in [-0.3, -0.25) is 9.88 Å². The highest BCUT2D eigenvalue weighted by atomic mass is 15.1. The maximum atomic E-state index is 5.65. The Kier molecular flexibility index (Phi) is 8.43. The Labute approximate surface area is 118 Å². The molecule has 1 heterocycles. The molecule has 0 amide bonds. The quantitative estimate of drug-likeness (QED) is 0.705. The van der Waals surface area contributed by atoms with Crippen molar-refractivity contribution in [3.05, 3.63) is 30.1 Å². The lowest BCUT2D eigenvalue weighted by Gasteiger charge is -2.21. The van der Waals surface area contributed by atoms with E-state index in [9.17, 15) is 0 Å². The maximum absolute atomic E-state index is 5.65. The van der Waals surface area contributed by atoms with Crippen LogP contribution in [0.1, 0.15) is 45.2 Å². The molecule has 0 spiro atoms. The van der Waals surface area contributed by atoms with Crippen molar-refractivity contribution in [1.29, 1.82) is 0 Å². The Bertz CT molecular complexity index is 313. The van der Waals surface area contributed by atoms with Gasteiger partial charge in [0, 0.05) is 12.7 Å². The topological polar surface area (TPSA) is 42.1 Å². The lowest BCUT2D eigenvalue weighted by molar-refractivity contribution is 0.259. The Balaban J connectivity index is 2.29. The van der Waals surface area contributed by atoms with E-state index in [0.29, 0.717) is 0 Å². The number of nitrogens with two attached hydrogens (primary N) is 1. The Morgan fingerprint density at radius 1 is 1.26 bits per heavy atom. The normalized spacial score (nSPS) is 12.8. The molecule has 1 aromatic rings. The highest BCUT2D eigenvalue weighted by Gasteiger charge is 2.08. The third-order valence-electron chi connectivity index (χ3n) is 3.80. The van der Waals surface area contributed by atoms with Crippen LogP contribution in [0.25, 0.3) is 0 Å². The first-order valence-electron chi connectivity index (χ1n) is 7.62. The van der Waals surface area contributed by atoms with Crippen molar-refractivity contribution >= 4 is 0 Å². The summed E-state index contributed by atoms with van der Waals surface area (Å²) in [6.07, 6.45) is 6.86. The fraction of sp³-hybridized carbons (Fsp3) is 0.688. The zero-order valence-corrected chi connectivity index (χ0v) is 12.5. The lowest BCUT2D eigenvalue weighted by Crippen LogP contribution is -2.25. The first-order valence-corrected chi connectivity index (χ1v) is 7.62. The minimum absolute atomic E-state index is 0.804. The second-order valence-corrected chi connectivity index (χ2v) is 5.18. The third kappa shape index (κ3) is 6.69. The van der Waals surface area contributed by atoms with E-state index in [1.807, 2.05) is 12.3 Å². The molecule has 3 nitrogen and oxygen atoms in total. The van der Waals surface area contributed by atoms with Crippen molar-refractivity contribution in [2.45, 2.75) is 46.1 Å². The van der Waals surface area contributed by atoms with Gasteiger partial charge in [0.05, 0.1) is 5.69 Å². The van der Waals surface area contributed by atoms with E-state index in [-0.39, 0.29) is 0 Å². The molecule has 2 N–H and O–H groups in total. The van der Waals surface area contributed by atoms with Gasteiger partial charge in [0.15, 0.2) is 0 Å². The predicted octanol–water partition coefficient (Wildman–Crippen LogP) is 3.06. The van der Waals surface area contributed by atoms with E-state index in [4.69, 9.17) is 5.73 Å². The van der Waals surface area contributed by atoms with Gasteiger partial charge in [-0.2, -0.15) is 0 Å². The van der Waals surface area contributed by atoms with Crippen LogP contribution in [0.3, 0.4) is 0 Å². The van der Waals surface area contributed by atoms with Crippen molar-refractivity contribution in [1.82, 2.24) is 9.88 Å². The van der Waals surface area contributed by atoms with E-state index in [2.05, 4.69) is 35.9 Å². The van der Waals surface area contributed by atoms with Gasteiger partial charge in [-0.1, -0.05) is 26.3 Å². The minimum atomic E-state index is 0.804. The molecule has 1 unspecified atom stereocenters. The highest BCUT2D eigenvalue weighted by molar-refractivity contribution is 5.03. The van der Waals surface area contributed by atoms with Crippen molar-refractivity contribution in [2.75, 3.05) is 19.6 Å². The smallest absolute Gasteiger partial charge is 0.0543 e. The summed E-state index contributed by atoms with van der Waals surface area (Å²) in [4.78, 5) is 6.87. The molecular weight excluding hydrogens is 234 g/mol. The number of rotatable bonds is 10. The number of aromatic nitrogens is 1. The molecule has 3 heteroatoms. The summed E-state index contributed by atoms with van der Waals surface area (Å²) in [6, 6.07) is 6.13. The number of hydrogen-bond acceptors (Lipinski definition) is 3. The predicted molar refractivity (Wildman–Crippen MR) is 81.9 cm³/mol. The molecule has 0 aliphatic rings. The Hall–Kier alpha value is -0.930. The van der Waals surface area contributed by atoms with E-state index in [1.54, 1.807) is 0 Å². The van der Waals surface area contributed by atoms with Crippen LogP contribution in [-0.4, -0.2) is 29.5 Å². The molecule has 0 saturated carbocycles. The molecule has 1 atom stereocenters. The van der Waals surface area contributed by atoms with Crippen LogP contribution >= 0.6 is 0 Å². The van der Waals surface area contributed by atoms with E-state index in [0.717, 1.165) is 32.1 Å². The van der Waals surface area contributed by atoms with Crippen LogP contribution in [0.2, 0.25) is 0 Å². The van der Waals surface area contributed by atoms with Crippen molar-refractivity contribution in [2.24, 2.45) is 11.7 Å². The zero-order valence-electron chi connectivity index (χ0n) is 12.5. The fourth-order valence-electron chi connectivity index (χ4n) is 2.46. The monoisotopic (exact) mass is 263 g/mol. The van der Waals surface area contributed by atoms with Crippen LogP contribution in [0.4, 0.5) is 0 Å². The molecule has 108 valence electrons. The van der Waals surface area contributed by atoms with Gasteiger partial charge in [-0.15, -0.1) is 0 Å². The summed E-state index contributed by atoms with van der Waals surface area (Å²) in [7, 11) is 0. The summed E-state index contributed by atoms with van der Waals surface area (Å²) in [5.74, 6) is 0.804. The average Bonchev–Trinajstić information content (AvgIpc) is 2.46. The van der Waals surface area contributed by atoms with Gasteiger partial charge in [0.25, 0.3) is 0 Å². The first-order chi connectivity index (χ1) is 9.30. The van der Waals surface area contributed by atoms with Crippen molar-refractivity contribution in [3.63, 3.8) is 0 Å². The van der Waals surface area contributed by atoms with Crippen LogP contribution in [0, 0.1) is 5.92 Å². The van der Waals surface area contributed by atoms with E-state index in [1.165, 1.54) is 31.4 Å². The largest absolute Gasteiger partial charge is 0.330 e. The van der Waals surface area contributed by atoms with Gasteiger partial charge in [-0.05, 0) is 56.9 Å². The van der Waals surface area contributed by atoms with E-state index >= 15 is 0 Å². The highest BCUT2D eigenvalue weighted by Crippen LogP contribution is 2.15.